The number of hydrogen-bond donors (Lipinski definition) is 0. The largest absolute Gasteiger partial charge is 0.497 e. The molecular weight excluding hydrogens is 264 g/mol. The quantitative estimate of drug-likeness (QED) is 0.407. The Morgan fingerprint density at radius 2 is 2.05 bits per heavy atom. The Hall–Kier alpha value is -2.08. The highest BCUT2D eigenvalue weighted by Gasteiger charge is 2.13. The van der Waals surface area contributed by atoms with E-state index < -0.39 is 6.29 Å². The molecule has 0 aliphatic carbocycles. The molecule has 0 aliphatic rings. The second-order valence-corrected chi connectivity index (χ2v) is 3.91. The van der Waals surface area contributed by atoms with Crippen molar-refractivity contribution in [2.45, 2.75) is 19.1 Å². The van der Waals surface area contributed by atoms with E-state index in [1.54, 1.807) is 18.2 Å². The van der Waals surface area contributed by atoms with Gasteiger partial charge >= 0.3 is 5.97 Å². The Labute approximate surface area is 117 Å². The van der Waals surface area contributed by atoms with Crippen LogP contribution in [0.4, 0.5) is 0 Å². The number of ether oxygens (including phenoxy) is 4. The summed E-state index contributed by atoms with van der Waals surface area (Å²) in [6.45, 7) is 0. The van der Waals surface area contributed by atoms with Crippen LogP contribution in [0.2, 0.25) is 0 Å². The molecule has 0 saturated heterocycles. The summed E-state index contributed by atoms with van der Waals surface area (Å²) in [5.74, 6) is 0.709. The van der Waals surface area contributed by atoms with Crippen molar-refractivity contribution in [2.24, 2.45) is 0 Å². The molecule has 0 amide bonds. The molecule has 1 atom stereocenters. The van der Waals surface area contributed by atoms with Crippen LogP contribution in [0.3, 0.4) is 0 Å². The summed E-state index contributed by atoms with van der Waals surface area (Å²) in [6, 6.07) is 5.17. The number of esters is 1. The lowest BCUT2D eigenvalue weighted by Crippen LogP contribution is -2.21. The summed E-state index contributed by atoms with van der Waals surface area (Å²) in [5.41, 5.74) is 0.764. The molecule has 0 N–H and O–H groups in total. The van der Waals surface area contributed by atoms with Crippen molar-refractivity contribution in [1.29, 1.82) is 0 Å². The van der Waals surface area contributed by atoms with Gasteiger partial charge in [-0.2, -0.15) is 0 Å². The number of carbonyl (C=O) groups excluding carboxylic acids is 2. The molecule has 1 aromatic carbocycles. The van der Waals surface area contributed by atoms with Crippen LogP contribution in [0.5, 0.6) is 11.5 Å². The van der Waals surface area contributed by atoms with E-state index in [0.717, 1.165) is 5.56 Å². The minimum atomic E-state index is -1.00. The first kappa shape index (κ1) is 16.0. The Bertz CT molecular complexity index is 457. The standard InChI is InChI=1S/C14H18O6/c1-17-11-6-4-10(5-7-13(16)18-2)12(8-11)20-14(9-15)19-3/h4,6,8-9,14H,5,7H2,1-3H3. The van der Waals surface area contributed by atoms with Gasteiger partial charge in [0.1, 0.15) is 11.5 Å². The van der Waals surface area contributed by atoms with E-state index in [9.17, 15) is 9.59 Å². The van der Waals surface area contributed by atoms with Gasteiger partial charge in [0.15, 0.2) is 6.29 Å². The third-order valence-corrected chi connectivity index (χ3v) is 2.69. The summed E-state index contributed by atoms with van der Waals surface area (Å²) in [6.07, 6.45) is 0.196. The van der Waals surface area contributed by atoms with Crippen molar-refractivity contribution >= 4 is 12.3 Å². The summed E-state index contributed by atoms with van der Waals surface area (Å²) in [5, 5.41) is 0. The zero-order valence-electron chi connectivity index (χ0n) is 11.8. The van der Waals surface area contributed by atoms with E-state index in [-0.39, 0.29) is 12.4 Å². The van der Waals surface area contributed by atoms with Crippen molar-refractivity contribution < 1.29 is 28.5 Å². The summed E-state index contributed by atoms with van der Waals surface area (Å²) in [4.78, 5) is 21.9. The zero-order chi connectivity index (χ0) is 15.0. The lowest BCUT2D eigenvalue weighted by molar-refractivity contribution is -0.140. The van der Waals surface area contributed by atoms with E-state index in [0.29, 0.717) is 24.2 Å². The molecule has 6 nitrogen and oxygen atoms in total. The smallest absolute Gasteiger partial charge is 0.305 e. The van der Waals surface area contributed by atoms with Gasteiger partial charge in [0.25, 0.3) is 6.29 Å². The maximum atomic E-state index is 11.2. The maximum Gasteiger partial charge on any atom is 0.305 e. The highest BCUT2D eigenvalue weighted by atomic mass is 16.7. The van der Waals surface area contributed by atoms with Gasteiger partial charge in [0.2, 0.25) is 0 Å². The van der Waals surface area contributed by atoms with Gasteiger partial charge in [-0.05, 0) is 18.1 Å². The molecule has 1 unspecified atom stereocenters. The normalized spacial score (nSPS) is 11.6. The predicted molar refractivity (Wildman–Crippen MR) is 70.8 cm³/mol. The van der Waals surface area contributed by atoms with E-state index >= 15 is 0 Å². The molecule has 0 aromatic heterocycles. The van der Waals surface area contributed by atoms with E-state index in [4.69, 9.17) is 14.2 Å². The van der Waals surface area contributed by atoms with Crippen LogP contribution in [-0.2, 0) is 25.5 Å². The zero-order valence-corrected chi connectivity index (χ0v) is 11.8. The summed E-state index contributed by atoms with van der Waals surface area (Å²) in [7, 11) is 4.23. The SMILES string of the molecule is COC(=O)CCc1ccc(OC)cc1OC(C=O)OC. The van der Waals surface area contributed by atoms with E-state index in [1.165, 1.54) is 21.3 Å². The Kier molecular flexibility index (Phi) is 6.52. The summed E-state index contributed by atoms with van der Waals surface area (Å²) < 4.78 is 20.0. The van der Waals surface area contributed by atoms with Crippen LogP contribution in [0.1, 0.15) is 12.0 Å². The second kappa shape index (κ2) is 8.16. The molecule has 0 heterocycles. The number of benzene rings is 1. The monoisotopic (exact) mass is 282 g/mol. The Morgan fingerprint density at radius 1 is 1.30 bits per heavy atom. The number of aldehydes is 1. The molecule has 110 valence electrons. The van der Waals surface area contributed by atoms with Gasteiger partial charge in [-0.1, -0.05) is 6.07 Å². The Morgan fingerprint density at radius 3 is 2.60 bits per heavy atom. The van der Waals surface area contributed by atoms with Crippen LogP contribution >= 0.6 is 0 Å². The molecule has 0 bridgehead atoms. The van der Waals surface area contributed by atoms with Crippen LogP contribution in [0.15, 0.2) is 18.2 Å². The molecule has 20 heavy (non-hydrogen) atoms. The van der Waals surface area contributed by atoms with Gasteiger partial charge in [-0.25, -0.2) is 0 Å². The fourth-order valence-electron chi connectivity index (χ4n) is 1.57. The minimum absolute atomic E-state index is 0.220. The third kappa shape index (κ3) is 4.55. The second-order valence-electron chi connectivity index (χ2n) is 3.91. The first-order valence-electron chi connectivity index (χ1n) is 6.03. The number of rotatable bonds is 8. The molecule has 0 saturated carbocycles. The van der Waals surface area contributed by atoms with Crippen molar-refractivity contribution in [3.8, 4) is 11.5 Å². The van der Waals surface area contributed by atoms with E-state index in [2.05, 4.69) is 4.74 Å². The molecule has 0 radical (unpaired) electrons. The average molecular weight is 282 g/mol. The molecule has 1 aromatic rings. The topological polar surface area (TPSA) is 71.1 Å². The number of hydrogen-bond acceptors (Lipinski definition) is 6. The third-order valence-electron chi connectivity index (χ3n) is 2.69. The first-order chi connectivity index (χ1) is 9.64. The van der Waals surface area contributed by atoms with Gasteiger partial charge in [-0.15, -0.1) is 0 Å². The molecule has 1 rings (SSSR count). The fraction of sp³-hybridized carbons (Fsp3) is 0.429. The summed E-state index contributed by atoms with van der Waals surface area (Å²) >= 11 is 0. The van der Waals surface area contributed by atoms with Crippen molar-refractivity contribution in [1.82, 2.24) is 0 Å². The highest BCUT2D eigenvalue weighted by Crippen LogP contribution is 2.27. The molecule has 6 heteroatoms. The van der Waals surface area contributed by atoms with Gasteiger partial charge < -0.3 is 18.9 Å². The van der Waals surface area contributed by atoms with Crippen LogP contribution in [-0.4, -0.2) is 39.9 Å². The number of carbonyl (C=O) groups is 2. The van der Waals surface area contributed by atoms with Crippen LogP contribution in [0.25, 0.3) is 0 Å². The van der Waals surface area contributed by atoms with Crippen LogP contribution < -0.4 is 9.47 Å². The van der Waals surface area contributed by atoms with Crippen LogP contribution in [0, 0.1) is 0 Å². The highest BCUT2D eigenvalue weighted by molar-refractivity contribution is 5.69. The molecule has 0 spiro atoms. The number of aryl methyl sites for hydroxylation is 1. The van der Waals surface area contributed by atoms with Gasteiger partial charge in [0.05, 0.1) is 14.2 Å². The predicted octanol–water partition coefficient (Wildman–Crippen LogP) is 1.35. The van der Waals surface area contributed by atoms with E-state index in [1.807, 2.05) is 0 Å². The minimum Gasteiger partial charge on any atom is -0.497 e. The first-order valence-corrected chi connectivity index (χ1v) is 6.03. The van der Waals surface area contributed by atoms with Gasteiger partial charge in [-0.3, -0.25) is 9.59 Å². The fourth-order valence-corrected chi connectivity index (χ4v) is 1.57. The molecule has 0 aliphatic heterocycles. The number of methoxy groups -OCH3 is 3. The Balaban J connectivity index is 2.90. The average Bonchev–Trinajstić information content (AvgIpc) is 2.50. The lowest BCUT2D eigenvalue weighted by atomic mass is 10.1. The van der Waals surface area contributed by atoms with Gasteiger partial charge in [0, 0.05) is 19.6 Å². The van der Waals surface area contributed by atoms with Crippen molar-refractivity contribution in [3.63, 3.8) is 0 Å². The van der Waals surface area contributed by atoms with Crippen molar-refractivity contribution in [3.05, 3.63) is 23.8 Å². The maximum absolute atomic E-state index is 11.2. The molecule has 0 fully saturated rings. The lowest BCUT2D eigenvalue weighted by Gasteiger charge is -2.16. The molecular formula is C14H18O6. The van der Waals surface area contributed by atoms with Crippen molar-refractivity contribution in [2.75, 3.05) is 21.3 Å².